The summed E-state index contributed by atoms with van der Waals surface area (Å²) in [5.74, 6) is -0.229. The third kappa shape index (κ3) is 13.8. The minimum atomic E-state index is -3.82. The lowest BCUT2D eigenvalue weighted by molar-refractivity contribution is 0.480. The van der Waals surface area contributed by atoms with Crippen molar-refractivity contribution in [2.75, 3.05) is 38.5 Å². The first-order valence-corrected chi connectivity index (χ1v) is 6.74. The van der Waals surface area contributed by atoms with Gasteiger partial charge in [-0.3, -0.25) is 4.55 Å². The smallest absolute Gasteiger partial charge is 0.266 e. The molecule has 5 N–H and O–H groups in total. The van der Waals surface area contributed by atoms with Gasteiger partial charge in [0.25, 0.3) is 10.1 Å². The second kappa shape index (κ2) is 9.05. The van der Waals surface area contributed by atoms with Gasteiger partial charge in [0.15, 0.2) is 0 Å². The van der Waals surface area contributed by atoms with Gasteiger partial charge < -0.3 is 16.4 Å². The number of nitrogens with two attached hydrogens (primary N) is 1. The van der Waals surface area contributed by atoms with E-state index in [1.807, 2.05) is 0 Å². The maximum Gasteiger partial charge on any atom is 0.266 e. The molecule has 0 heterocycles. The molecular weight excluding hydrogens is 218 g/mol. The standard InChI is InChI=1S/C8H21N3O3S/c9-3-1-4-10-5-2-6-11-7-8-15(12,13)14/h10-11H,1-9H2,(H,12,13,14). The Kier molecular flexibility index (Phi) is 8.92. The van der Waals surface area contributed by atoms with E-state index in [-0.39, 0.29) is 5.75 Å². The highest BCUT2D eigenvalue weighted by Crippen LogP contribution is 1.80. The lowest BCUT2D eigenvalue weighted by Gasteiger charge is -2.04. The molecule has 0 aliphatic rings. The maximum atomic E-state index is 10.3. The van der Waals surface area contributed by atoms with Gasteiger partial charge in [0.05, 0.1) is 5.75 Å². The summed E-state index contributed by atoms with van der Waals surface area (Å²) in [6.45, 7) is 3.53. The zero-order valence-corrected chi connectivity index (χ0v) is 9.72. The summed E-state index contributed by atoms with van der Waals surface area (Å²) in [5.41, 5.74) is 5.32. The summed E-state index contributed by atoms with van der Waals surface area (Å²) in [6.07, 6.45) is 1.90. The summed E-state index contributed by atoms with van der Waals surface area (Å²) >= 11 is 0. The largest absolute Gasteiger partial charge is 0.330 e. The van der Waals surface area contributed by atoms with Crippen molar-refractivity contribution in [2.24, 2.45) is 5.73 Å². The zero-order chi connectivity index (χ0) is 11.6. The van der Waals surface area contributed by atoms with Gasteiger partial charge in [0.1, 0.15) is 0 Å². The first-order chi connectivity index (χ1) is 7.06. The van der Waals surface area contributed by atoms with Crippen LogP contribution in [0.15, 0.2) is 0 Å². The maximum absolute atomic E-state index is 10.3. The molecule has 0 aliphatic heterocycles. The van der Waals surface area contributed by atoms with Crippen molar-refractivity contribution >= 4 is 10.1 Å². The quantitative estimate of drug-likeness (QED) is 0.282. The van der Waals surface area contributed by atoms with Gasteiger partial charge in [-0.25, -0.2) is 0 Å². The molecule has 0 unspecified atom stereocenters. The Labute approximate surface area is 91.4 Å². The molecule has 0 bridgehead atoms. The molecule has 6 nitrogen and oxygen atoms in total. The third-order valence-electron chi connectivity index (χ3n) is 1.80. The Bertz CT molecular complexity index is 231. The number of nitrogens with one attached hydrogen (secondary N) is 2. The lowest BCUT2D eigenvalue weighted by Crippen LogP contribution is -2.27. The molecule has 0 aromatic heterocycles. The Balaban J connectivity index is 3.06. The molecule has 0 fully saturated rings. The molecule has 92 valence electrons. The molecule has 0 atom stereocenters. The molecular formula is C8H21N3O3S. The topological polar surface area (TPSA) is 104 Å². The highest BCUT2D eigenvalue weighted by atomic mass is 32.2. The Morgan fingerprint density at radius 2 is 1.53 bits per heavy atom. The predicted molar refractivity (Wildman–Crippen MR) is 60.4 cm³/mol. The number of hydrogen-bond donors (Lipinski definition) is 4. The molecule has 0 saturated heterocycles. The molecule has 0 amide bonds. The minimum absolute atomic E-state index is 0.229. The summed E-state index contributed by atoms with van der Waals surface area (Å²) in [5, 5.41) is 6.13. The molecule has 15 heavy (non-hydrogen) atoms. The average molecular weight is 239 g/mol. The first kappa shape index (κ1) is 14.8. The van der Waals surface area contributed by atoms with Crippen molar-refractivity contribution < 1.29 is 13.0 Å². The van der Waals surface area contributed by atoms with Crippen LogP contribution < -0.4 is 16.4 Å². The van der Waals surface area contributed by atoms with Crippen LogP contribution in [0.5, 0.6) is 0 Å². The Hall–Kier alpha value is -0.210. The molecule has 0 aromatic carbocycles. The SMILES string of the molecule is NCCCNCCCNCCS(=O)(=O)O. The van der Waals surface area contributed by atoms with Crippen LogP contribution in [0, 0.1) is 0 Å². The Morgan fingerprint density at radius 1 is 1.00 bits per heavy atom. The van der Waals surface area contributed by atoms with Crippen LogP contribution in [-0.2, 0) is 10.1 Å². The summed E-state index contributed by atoms with van der Waals surface area (Å²) in [6, 6.07) is 0. The van der Waals surface area contributed by atoms with Crippen LogP contribution in [0.3, 0.4) is 0 Å². The van der Waals surface area contributed by atoms with Gasteiger partial charge in [0, 0.05) is 6.54 Å². The highest BCUT2D eigenvalue weighted by Gasteiger charge is 2.01. The number of rotatable bonds is 10. The fraction of sp³-hybridized carbons (Fsp3) is 1.00. The fourth-order valence-corrected chi connectivity index (χ4v) is 1.42. The van der Waals surface area contributed by atoms with E-state index in [9.17, 15) is 8.42 Å². The second-order valence-corrected chi connectivity index (χ2v) is 4.85. The normalized spacial score (nSPS) is 11.9. The molecule has 0 rings (SSSR count). The van der Waals surface area contributed by atoms with E-state index < -0.39 is 10.1 Å². The van der Waals surface area contributed by atoms with Crippen molar-refractivity contribution in [2.45, 2.75) is 12.8 Å². The van der Waals surface area contributed by atoms with Crippen LogP contribution in [-0.4, -0.2) is 51.4 Å². The highest BCUT2D eigenvalue weighted by molar-refractivity contribution is 7.85. The molecule has 0 radical (unpaired) electrons. The van der Waals surface area contributed by atoms with Crippen molar-refractivity contribution in [1.29, 1.82) is 0 Å². The van der Waals surface area contributed by atoms with Gasteiger partial charge in [-0.1, -0.05) is 0 Å². The van der Waals surface area contributed by atoms with Crippen LogP contribution in [0.25, 0.3) is 0 Å². The summed E-state index contributed by atoms with van der Waals surface area (Å²) in [4.78, 5) is 0. The fourth-order valence-electron chi connectivity index (χ4n) is 1.02. The molecule has 0 spiro atoms. The Morgan fingerprint density at radius 3 is 2.07 bits per heavy atom. The minimum Gasteiger partial charge on any atom is -0.330 e. The van der Waals surface area contributed by atoms with Crippen molar-refractivity contribution in [3.8, 4) is 0 Å². The van der Waals surface area contributed by atoms with Crippen molar-refractivity contribution in [1.82, 2.24) is 10.6 Å². The van der Waals surface area contributed by atoms with Crippen molar-refractivity contribution in [3.05, 3.63) is 0 Å². The monoisotopic (exact) mass is 239 g/mol. The van der Waals surface area contributed by atoms with Gasteiger partial charge in [0.2, 0.25) is 0 Å². The van der Waals surface area contributed by atoms with E-state index in [4.69, 9.17) is 10.3 Å². The van der Waals surface area contributed by atoms with Crippen LogP contribution in [0.4, 0.5) is 0 Å². The van der Waals surface area contributed by atoms with E-state index >= 15 is 0 Å². The summed E-state index contributed by atoms with van der Waals surface area (Å²) < 4.78 is 29.1. The van der Waals surface area contributed by atoms with Crippen molar-refractivity contribution in [3.63, 3.8) is 0 Å². The first-order valence-electron chi connectivity index (χ1n) is 5.13. The second-order valence-electron chi connectivity index (χ2n) is 3.28. The van der Waals surface area contributed by atoms with Crippen LogP contribution in [0.1, 0.15) is 12.8 Å². The van der Waals surface area contributed by atoms with Crippen LogP contribution in [0.2, 0.25) is 0 Å². The molecule has 0 aromatic rings. The van der Waals surface area contributed by atoms with E-state index in [0.717, 1.165) is 32.5 Å². The number of hydrogen-bond acceptors (Lipinski definition) is 5. The molecule has 7 heteroatoms. The van der Waals surface area contributed by atoms with Crippen LogP contribution >= 0.6 is 0 Å². The zero-order valence-electron chi connectivity index (χ0n) is 8.91. The van der Waals surface area contributed by atoms with Gasteiger partial charge in [-0.2, -0.15) is 8.42 Å². The molecule has 0 saturated carbocycles. The van der Waals surface area contributed by atoms with E-state index in [1.165, 1.54) is 0 Å². The van der Waals surface area contributed by atoms with E-state index in [2.05, 4.69) is 10.6 Å². The third-order valence-corrected chi connectivity index (χ3v) is 2.52. The van der Waals surface area contributed by atoms with E-state index in [0.29, 0.717) is 13.1 Å². The van der Waals surface area contributed by atoms with Gasteiger partial charge in [-0.15, -0.1) is 0 Å². The predicted octanol–water partition coefficient (Wildman–Crippen LogP) is -1.21. The average Bonchev–Trinajstić information content (AvgIpc) is 2.14. The summed E-state index contributed by atoms with van der Waals surface area (Å²) in [7, 11) is -3.82. The van der Waals surface area contributed by atoms with E-state index in [1.54, 1.807) is 0 Å². The van der Waals surface area contributed by atoms with Gasteiger partial charge in [-0.05, 0) is 39.0 Å². The van der Waals surface area contributed by atoms with Gasteiger partial charge >= 0.3 is 0 Å². The lowest BCUT2D eigenvalue weighted by atomic mass is 10.4. The molecule has 0 aliphatic carbocycles.